The molecule has 2 heterocycles. The van der Waals surface area contributed by atoms with Gasteiger partial charge in [-0.2, -0.15) is 0 Å². The average Bonchev–Trinajstić information content (AvgIpc) is 2.81. The summed E-state index contributed by atoms with van der Waals surface area (Å²) in [6.45, 7) is 2.78. The average molecular weight is 260 g/mol. The Hall–Kier alpha value is -1.88. The molecule has 0 atom stereocenters. The molecule has 0 aliphatic carbocycles. The highest BCUT2D eigenvalue weighted by Gasteiger charge is 2.17. The third-order valence-electron chi connectivity index (χ3n) is 3.50. The quantitative estimate of drug-likeness (QED) is 0.918. The van der Waals surface area contributed by atoms with E-state index >= 15 is 0 Å². The van der Waals surface area contributed by atoms with Crippen LogP contribution in [-0.2, 0) is 6.54 Å². The van der Waals surface area contributed by atoms with Gasteiger partial charge in [0.25, 0.3) is 0 Å². The number of benzene rings is 1. The number of hydrogen-bond acceptors (Lipinski definition) is 4. The molecule has 2 aromatic rings. The summed E-state index contributed by atoms with van der Waals surface area (Å²) in [5.74, 6) is -0.378. The van der Waals surface area contributed by atoms with Gasteiger partial charge in [0.2, 0.25) is 5.89 Å². The first-order valence-corrected chi connectivity index (χ1v) is 6.58. The lowest BCUT2D eigenvalue weighted by Crippen LogP contribution is -2.29. The van der Waals surface area contributed by atoms with E-state index in [1.54, 1.807) is 18.2 Å². The van der Waals surface area contributed by atoms with E-state index in [0.717, 1.165) is 13.1 Å². The molecule has 0 radical (unpaired) electrons. The van der Waals surface area contributed by atoms with Crippen molar-refractivity contribution in [3.63, 3.8) is 0 Å². The Kier molecular flexibility index (Phi) is 3.21. The maximum Gasteiger partial charge on any atom is 0.339 e. The second-order valence-electron chi connectivity index (χ2n) is 4.90. The summed E-state index contributed by atoms with van der Waals surface area (Å²) >= 11 is 0. The van der Waals surface area contributed by atoms with Crippen molar-refractivity contribution in [3.8, 4) is 0 Å². The van der Waals surface area contributed by atoms with Crippen molar-refractivity contribution in [3.05, 3.63) is 29.7 Å². The van der Waals surface area contributed by atoms with Crippen LogP contribution in [0.15, 0.2) is 22.6 Å². The van der Waals surface area contributed by atoms with Crippen LogP contribution in [0.2, 0.25) is 0 Å². The topological polar surface area (TPSA) is 66.6 Å². The molecular formula is C14H16N2O3. The van der Waals surface area contributed by atoms with Gasteiger partial charge in [0.1, 0.15) is 11.1 Å². The van der Waals surface area contributed by atoms with Crippen molar-refractivity contribution in [2.45, 2.75) is 25.8 Å². The Morgan fingerprint density at radius 3 is 2.84 bits per heavy atom. The van der Waals surface area contributed by atoms with E-state index in [4.69, 9.17) is 9.52 Å². The number of carboxylic acids is 1. The molecule has 5 nitrogen and oxygen atoms in total. The van der Waals surface area contributed by atoms with Gasteiger partial charge in [-0.3, -0.25) is 4.90 Å². The lowest BCUT2D eigenvalue weighted by atomic mass is 10.1. The van der Waals surface area contributed by atoms with Crippen LogP contribution in [0, 0.1) is 0 Å². The van der Waals surface area contributed by atoms with Crippen LogP contribution in [0.1, 0.15) is 35.5 Å². The van der Waals surface area contributed by atoms with Crippen molar-refractivity contribution in [2.24, 2.45) is 0 Å². The first kappa shape index (κ1) is 12.2. The van der Waals surface area contributed by atoms with Crippen LogP contribution < -0.4 is 0 Å². The van der Waals surface area contributed by atoms with Gasteiger partial charge in [-0.1, -0.05) is 12.5 Å². The maximum atomic E-state index is 11.1. The number of hydrogen-bond donors (Lipinski definition) is 1. The fraction of sp³-hybridized carbons (Fsp3) is 0.429. The van der Waals surface area contributed by atoms with Crippen LogP contribution >= 0.6 is 0 Å². The van der Waals surface area contributed by atoms with Crippen molar-refractivity contribution in [1.29, 1.82) is 0 Å². The first-order valence-electron chi connectivity index (χ1n) is 6.58. The molecular weight excluding hydrogens is 244 g/mol. The molecule has 1 aromatic heterocycles. The number of carbonyl (C=O) groups is 1. The highest BCUT2D eigenvalue weighted by atomic mass is 16.4. The third kappa shape index (κ3) is 2.46. The largest absolute Gasteiger partial charge is 0.478 e. The zero-order valence-electron chi connectivity index (χ0n) is 10.6. The Morgan fingerprint density at radius 2 is 2.11 bits per heavy atom. The summed E-state index contributed by atoms with van der Waals surface area (Å²) in [6, 6.07) is 5.02. The summed E-state index contributed by atoms with van der Waals surface area (Å²) in [5.41, 5.74) is 1.17. The number of aromatic carboxylic acids is 1. The zero-order valence-corrected chi connectivity index (χ0v) is 10.6. The van der Waals surface area contributed by atoms with Crippen molar-refractivity contribution >= 4 is 17.1 Å². The number of rotatable bonds is 3. The van der Waals surface area contributed by atoms with Gasteiger partial charge >= 0.3 is 5.97 Å². The summed E-state index contributed by atoms with van der Waals surface area (Å²) in [5, 5.41) is 9.12. The number of piperidine rings is 1. The van der Waals surface area contributed by atoms with Crippen LogP contribution in [0.5, 0.6) is 0 Å². The summed E-state index contributed by atoms with van der Waals surface area (Å²) in [7, 11) is 0. The zero-order chi connectivity index (χ0) is 13.2. The van der Waals surface area contributed by atoms with E-state index in [2.05, 4.69) is 9.88 Å². The minimum atomic E-state index is -0.980. The van der Waals surface area contributed by atoms with Gasteiger partial charge in [-0.05, 0) is 38.1 Å². The number of likely N-dealkylation sites (tertiary alicyclic amines) is 1. The van der Waals surface area contributed by atoms with E-state index in [-0.39, 0.29) is 5.56 Å². The predicted molar refractivity (Wildman–Crippen MR) is 70.1 cm³/mol. The van der Waals surface area contributed by atoms with E-state index in [0.29, 0.717) is 23.5 Å². The number of fused-ring (bicyclic) bond motifs is 1. The molecule has 1 aromatic carbocycles. The molecule has 0 bridgehead atoms. The molecule has 100 valence electrons. The second-order valence-corrected chi connectivity index (χ2v) is 4.90. The van der Waals surface area contributed by atoms with Gasteiger partial charge in [0, 0.05) is 0 Å². The molecule has 19 heavy (non-hydrogen) atoms. The van der Waals surface area contributed by atoms with Crippen LogP contribution in [0.3, 0.4) is 0 Å². The molecule has 1 aliphatic rings. The fourth-order valence-corrected chi connectivity index (χ4v) is 2.54. The molecule has 1 aliphatic heterocycles. The smallest absolute Gasteiger partial charge is 0.339 e. The van der Waals surface area contributed by atoms with E-state index in [1.807, 2.05) is 0 Å². The maximum absolute atomic E-state index is 11.1. The van der Waals surface area contributed by atoms with Gasteiger partial charge in [-0.15, -0.1) is 0 Å². The molecule has 3 rings (SSSR count). The van der Waals surface area contributed by atoms with Crippen molar-refractivity contribution < 1.29 is 14.3 Å². The van der Waals surface area contributed by atoms with Gasteiger partial charge in [0.05, 0.1) is 6.54 Å². The molecule has 5 heteroatoms. The fourth-order valence-electron chi connectivity index (χ4n) is 2.54. The number of para-hydroxylation sites is 1. The molecule has 1 N–H and O–H groups in total. The van der Waals surface area contributed by atoms with Crippen LogP contribution in [-0.4, -0.2) is 34.0 Å². The number of nitrogens with zero attached hydrogens (tertiary/aromatic N) is 2. The molecule has 0 amide bonds. The summed E-state index contributed by atoms with van der Waals surface area (Å²) in [6.07, 6.45) is 3.70. The minimum absolute atomic E-state index is 0.176. The predicted octanol–water partition coefficient (Wildman–Crippen LogP) is 2.51. The lowest BCUT2D eigenvalue weighted by Gasteiger charge is -2.24. The van der Waals surface area contributed by atoms with E-state index in [9.17, 15) is 4.79 Å². The van der Waals surface area contributed by atoms with Crippen molar-refractivity contribution in [2.75, 3.05) is 13.1 Å². The third-order valence-corrected chi connectivity index (χ3v) is 3.50. The Balaban J connectivity index is 1.88. The number of carboxylic acid groups (broad SMARTS) is 1. The monoisotopic (exact) mass is 260 g/mol. The highest BCUT2D eigenvalue weighted by Crippen LogP contribution is 2.21. The minimum Gasteiger partial charge on any atom is -0.478 e. The lowest BCUT2D eigenvalue weighted by molar-refractivity contribution is 0.0697. The Labute approximate surface area is 110 Å². The summed E-state index contributed by atoms with van der Waals surface area (Å²) < 4.78 is 5.63. The summed E-state index contributed by atoms with van der Waals surface area (Å²) in [4.78, 5) is 17.8. The molecule has 0 unspecified atom stereocenters. The molecule has 0 spiro atoms. The van der Waals surface area contributed by atoms with Crippen molar-refractivity contribution in [1.82, 2.24) is 9.88 Å². The van der Waals surface area contributed by atoms with E-state index in [1.165, 1.54) is 19.3 Å². The molecule has 1 saturated heterocycles. The molecule has 1 fully saturated rings. The SMILES string of the molecule is O=C(O)c1cccc2nc(CN3CCCCC3)oc12. The Bertz CT molecular complexity index is 600. The van der Waals surface area contributed by atoms with Crippen LogP contribution in [0.25, 0.3) is 11.1 Å². The van der Waals surface area contributed by atoms with Gasteiger partial charge in [0.15, 0.2) is 5.58 Å². The highest BCUT2D eigenvalue weighted by molar-refractivity contribution is 5.99. The van der Waals surface area contributed by atoms with Crippen LogP contribution in [0.4, 0.5) is 0 Å². The number of aromatic nitrogens is 1. The number of oxazole rings is 1. The second kappa shape index (κ2) is 5.01. The Morgan fingerprint density at radius 1 is 1.32 bits per heavy atom. The van der Waals surface area contributed by atoms with Gasteiger partial charge < -0.3 is 9.52 Å². The molecule has 0 saturated carbocycles. The first-order chi connectivity index (χ1) is 9.24. The normalized spacial score (nSPS) is 16.8. The standard InChI is InChI=1S/C14H16N2O3/c17-14(18)10-5-4-6-11-13(10)19-12(15-11)9-16-7-2-1-3-8-16/h4-6H,1-3,7-9H2,(H,17,18). The van der Waals surface area contributed by atoms with E-state index < -0.39 is 5.97 Å². The van der Waals surface area contributed by atoms with Gasteiger partial charge in [-0.25, -0.2) is 9.78 Å².